The molecule has 1 heterocycles. The molecular formula is C33H41NO6. The number of carbonyl (C=O) groups is 1. The lowest BCUT2D eigenvalue weighted by Gasteiger charge is -2.37. The van der Waals surface area contributed by atoms with E-state index in [1.165, 1.54) is 0 Å². The Bertz CT molecular complexity index is 1080. The number of methoxy groups -OCH3 is 3. The quantitative estimate of drug-likeness (QED) is 0.155. The topological polar surface area (TPSA) is 66.5 Å². The van der Waals surface area contributed by atoms with E-state index in [0.717, 1.165) is 72.8 Å². The molecule has 1 saturated heterocycles. The van der Waals surface area contributed by atoms with Gasteiger partial charge in [0.25, 0.3) is 0 Å². The van der Waals surface area contributed by atoms with Crippen LogP contribution in [-0.4, -0.2) is 65.0 Å². The highest BCUT2D eigenvalue weighted by atomic mass is 16.5. The summed E-state index contributed by atoms with van der Waals surface area (Å²) in [4.78, 5) is 14.7. The van der Waals surface area contributed by atoms with Gasteiger partial charge in [-0.15, -0.1) is 0 Å². The average Bonchev–Trinajstić information content (AvgIpc) is 3.02. The molecule has 3 aromatic carbocycles. The van der Waals surface area contributed by atoms with Gasteiger partial charge in [-0.2, -0.15) is 0 Å². The third kappa shape index (κ3) is 6.77. The first-order valence-corrected chi connectivity index (χ1v) is 14.0. The van der Waals surface area contributed by atoms with Crippen LogP contribution in [0.15, 0.2) is 72.8 Å². The van der Waals surface area contributed by atoms with Gasteiger partial charge in [0, 0.05) is 19.7 Å². The Morgan fingerprint density at radius 2 is 1.27 bits per heavy atom. The number of hydrogen-bond acceptors (Lipinski definition) is 7. The van der Waals surface area contributed by atoms with Crippen LogP contribution in [0, 0.1) is 5.92 Å². The molecule has 0 aliphatic carbocycles. The number of benzene rings is 3. The van der Waals surface area contributed by atoms with Crippen molar-refractivity contribution in [3.63, 3.8) is 0 Å². The van der Waals surface area contributed by atoms with Crippen LogP contribution >= 0.6 is 0 Å². The maximum absolute atomic E-state index is 12.3. The molecule has 1 aliphatic rings. The largest absolute Gasteiger partial charge is 0.497 e. The van der Waals surface area contributed by atoms with Crippen molar-refractivity contribution in [1.82, 2.24) is 4.90 Å². The van der Waals surface area contributed by atoms with Crippen molar-refractivity contribution in [2.75, 3.05) is 54.2 Å². The van der Waals surface area contributed by atoms with Gasteiger partial charge in [-0.05, 0) is 85.8 Å². The van der Waals surface area contributed by atoms with E-state index in [-0.39, 0.29) is 11.9 Å². The molecule has 1 aliphatic heterocycles. The first-order valence-electron chi connectivity index (χ1n) is 14.0. The summed E-state index contributed by atoms with van der Waals surface area (Å²) in [5.74, 6) is 2.21. The molecule has 40 heavy (non-hydrogen) atoms. The number of esters is 1. The summed E-state index contributed by atoms with van der Waals surface area (Å²) in [5, 5.41) is 0. The van der Waals surface area contributed by atoms with Crippen LogP contribution in [0.5, 0.6) is 17.2 Å². The summed E-state index contributed by atoms with van der Waals surface area (Å²) in [5.41, 5.74) is 2.09. The molecule has 7 nitrogen and oxygen atoms in total. The number of nitrogens with zero attached hydrogens (tertiary/aromatic N) is 1. The molecule has 0 N–H and O–H groups in total. The molecule has 214 valence electrons. The third-order valence-corrected chi connectivity index (χ3v) is 7.55. The van der Waals surface area contributed by atoms with Crippen molar-refractivity contribution in [1.29, 1.82) is 0 Å². The van der Waals surface area contributed by atoms with Crippen molar-refractivity contribution < 1.29 is 28.5 Å². The summed E-state index contributed by atoms with van der Waals surface area (Å²) >= 11 is 0. The SMILES string of the molecule is CCOC(=O)C1CCCN(CCCOC(c2ccc(OC)cc2)(c2ccc(OC)cc2)c2ccc(OC)cc2)C1. The second-order valence-electron chi connectivity index (χ2n) is 9.96. The molecule has 1 atom stereocenters. The van der Waals surface area contributed by atoms with Crippen LogP contribution in [0.1, 0.15) is 42.9 Å². The fraction of sp³-hybridized carbons (Fsp3) is 0.424. The summed E-state index contributed by atoms with van der Waals surface area (Å²) in [6.07, 6.45) is 2.71. The summed E-state index contributed by atoms with van der Waals surface area (Å²) < 4.78 is 28.6. The van der Waals surface area contributed by atoms with E-state index in [2.05, 4.69) is 41.3 Å². The summed E-state index contributed by atoms with van der Waals surface area (Å²) in [7, 11) is 5.00. The highest BCUT2D eigenvalue weighted by Crippen LogP contribution is 2.42. The third-order valence-electron chi connectivity index (χ3n) is 7.55. The van der Waals surface area contributed by atoms with Crippen molar-refractivity contribution in [2.45, 2.75) is 31.8 Å². The monoisotopic (exact) mass is 547 g/mol. The first-order chi connectivity index (χ1) is 19.5. The Kier molecular flexibility index (Phi) is 10.4. The molecule has 7 heteroatoms. The molecule has 1 unspecified atom stereocenters. The molecule has 0 aromatic heterocycles. The summed E-state index contributed by atoms with van der Waals surface area (Å²) in [6, 6.07) is 24.1. The fourth-order valence-electron chi connectivity index (χ4n) is 5.45. The van der Waals surface area contributed by atoms with E-state index >= 15 is 0 Å². The minimum Gasteiger partial charge on any atom is -0.497 e. The standard InChI is InChI=1S/C33H41NO6/c1-5-39-32(35)25-8-6-21-34(24-25)22-7-23-40-33(26-9-15-29(36-2)16-10-26,27-11-17-30(37-3)18-12-27)28-13-19-31(38-4)20-14-28/h9-20,25H,5-8,21-24H2,1-4H3. The fourth-order valence-corrected chi connectivity index (χ4v) is 5.45. The Morgan fingerprint density at radius 1 is 0.800 bits per heavy atom. The average molecular weight is 548 g/mol. The minimum atomic E-state index is -0.875. The smallest absolute Gasteiger partial charge is 0.310 e. The number of ether oxygens (including phenoxy) is 5. The molecular weight excluding hydrogens is 506 g/mol. The van der Waals surface area contributed by atoms with Gasteiger partial charge in [0.15, 0.2) is 0 Å². The Hall–Kier alpha value is -3.55. The molecule has 0 saturated carbocycles. The number of piperidine rings is 1. The van der Waals surface area contributed by atoms with Crippen LogP contribution < -0.4 is 14.2 Å². The van der Waals surface area contributed by atoms with Crippen molar-refractivity contribution in [3.05, 3.63) is 89.5 Å². The van der Waals surface area contributed by atoms with Gasteiger partial charge in [-0.3, -0.25) is 4.79 Å². The van der Waals surface area contributed by atoms with Crippen LogP contribution in [0.3, 0.4) is 0 Å². The summed E-state index contributed by atoms with van der Waals surface area (Å²) in [6.45, 7) is 5.37. The normalized spacial score (nSPS) is 15.8. The van der Waals surface area contributed by atoms with E-state index in [1.54, 1.807) is 21.3 Å². The van der Waals surface area contributed by atoms with Gasteiger partial charge in [0.05, 0.1) is 33.9 Å². The second kappa shape index (κ2) is 14.2. The Balaban J connectivity index is 1.62. The van der Waals surface area contributed by atoms with Crippen LogP contribution in [-0.2, 0) is 19.9 Å². The van der Waals surface area contributed by atoms with E-state index < -0.39 is 5.60 Å². The molecule has 0 amide bonds. The molecule has 1 fully saturated rings. The zero-order chi connectivity index (χ0) is 28.4. The predicted molar refractivity (Wildman–Crippen MR) is 155 cm³/mol. The molecule has 4 rings (SSSR count). The van der Waals surface area contributed by atoms with Crippen molar-refractivity contribution >= 4 is 5.97 Å². The minimum absolute atomic E-state index is 0.0494. The highest BCUT2D eigenvalue weighted by Gasteiger charge is 2.38. The first kappa shape index (κ1) is 29.4. The zero-order valence-electron chi connectivity index (χ0n) is 24.1. The van der Waals surface area contributed by atoms with Gasteiger partial charge in [-0.1, -0.05) is 36.4 Å². The number of hydrogen-bond donors (Lipinski definition) is 0. The number of likely N-dealkylation sites (tertiary alicyclic amines) is 1. The van der Waals surface area contributed by atoms with E-state index in [9.17, 15) is 4.79 Å². The lowest BCUT2D eigenvalue weighted by Crippen LogP contribution is -2.40. The number of rotatable bonds is 13. The van der Waals surface area contributed by atoms with Crippen molar-refractivity contribution in [2.24, 2.45) is 5.92 Å². The van der Waals surface area contributed by atoms with Gasteiger partial charge >= 0.3 is 5.97 Å². The lowest BCUT2D eigenvalue weighted by atomic mass is 9.80. The zero-order valence-corrected chi connectivity index (χ0v) is 24.1. The van der Waals surface area contributed by atoms with Crippen LogP contribution in [0.25, 0.3) is 0 Å². The van der Waals surface area contributed by atoms with Crippen molar-refractivity contribution in [3.8, 4) is 17.2 Å². The molecule has 0 bridgehead atoms. The van der Waals surface area contributed by atoms with Gasteiger partial charge in [0.1, 0.15) is 22.8 Å². The lowest BCUT2D eigenvalue weighted by molar-refractivity contribution is -0.149. The number of carbonyl (C=O) groups excluding carboxylic acids is 1. The van der Waals surface area contributed by atoms with E-state index in [0.29, 0.717) is 13.2 Å². The predicted octanol–water partition coefficient (Wildman–Crippen LogP) is 5.69. The second-order valence-corrected chi connectivity index (χ2v) is 9.96. The maximum Gasteiger partial charge on any atom is 0.310 e. The van der Waals surface area contributed by atoms with Crippen LogP contribution in [0.4, 0.5) is 0 Å². The van der Waals surface area contributed by atoms with E-state index in [4.69, 9.17) is 23.7 Å². The molecule has 0 spiro atoms. The Morgan fingerprint density at radius 3 is 1.70 bits per heavy atom. The molecule has 0 radical (unpaired) electrons. The van der Waals surface area contributed by atoms with Crippen LogP contribution in [0.2, 0.25) is 0 Å². The highest BCUT2D eigenvalue weighted by molar-refractivity contribution is 5.72. The maximum atomic E-state index is 12.3. The van der Waals surface area contributed by atoms with E-state index in [1.807, 2.05) is 43.3 Å². The van der Waals surface area contributed by atoms with Gasteiger partial charge in [0.2, 0.25) is 0 Å². The van der Waals surface area contributed by atoms with Gasteiger partial charge in [-0.25, -0.2) is 0 Å². The molecule has 3 aromatic rings. The van der Waals surface area contributed by atoms with Gasteiger partial charge < -0.3 is 28.6 Å². The Labute approximate surface area is 238 Å².